The first-order chi connectivity index (χ1) is 15.1. The highest BCUT2D eigenvalue weighted by molar-refractivity contribution is 5.80. The summed E-state index contributed by atoms with van der Waals surface area (Å²) in [5, 5.41) is 23.2. The molecule has 0 saturated carbocycles. The van der Waals surface area contributed by atoms with E-state index < -0.39 is 5.97 Å². The van der Waals surface area contributed by atoms with Gasteiger partial charge in [0.1, 0.15) is 5.75 Å². The van der Waals surface area contributed by atoms with Crippen molar-refractivity contribution >= 4 is 11.8 Å². The van der Waals surface area contributed by atoms with Crippen LogP contribution in [0.5, 0.6) is 5.75 Å². The molecule has 2 rings (SSSR count). The fraction of sp³-hybridized carbons (Fsp3) is 0.500. The molecule has 1 aromatic carbocycles. The lowest BCUT2D eigenvalue weighted by Gasteiger charge is -2.23. The van der Waals surface area contributed by atoms with Gasteiger partial charge < -0.3 is 20.5 Å². The molecule has 1 heterocycles. The van der Waals surface area contributed by atoms with Crippen molar-refractivity contribution in [3.63, 3.8) is 0 Å². The number of aliphatic carboxylic acids is 1. The van der Waals surface area contributed by atoms with Crippen LogP contribution in [0.1, 0.15) is 70.3 Å². The lowest BCUT2D eigenvalue weighted by molar-refractivity contribution is -0.131. The second kappa shape index (κ2) is 14.3. The molecule has 2 aromatic rings. The van der Waals surface area contributed by atoms with E-state index in [1.54, 1.807) is 18.2 Å². The van der Waals surface area contributed by atoms with E-state index in [9.17, 15) is 9.90 Å². The van der Waals surface area contributed by atoms with Gasteiger partial charge >= 0.3 is 5.97 Å². The van der Waals surface area contributed by atoms with Crippen molar-refractivity contribution in [2.45, 2.75) is 77.2 Å². The molecule has 2 atom stereocenters. The highest BCUT2D eigenvalue weighted by Crippen LogP contribution is 2.27. The van der Waals surface area contributed by atoms with Gasteiger partial charge in [0.2, 0.25) is 0 Å². The molecule has 1 aromatic heterocycles. The lowest BCUT2D eigenvalue weighted by atomic mass is 9.88. The number of carbonyl (C=O) groups is 1. The molecule has 0 radical (unpaired) electrons. The van der Waals surface area contributed by atoms with Gasteiger partial charge in [-0.25, -0.2) is 4.79 Å². The summed E-state index contributed by atoms with van der Waals surface area (Å²) in [5.41, 5.74) is 1.26. The van der Waals surface area contributed by atoms with Crippen LogP contribution in [0.4, 0.5) is 5.82 Å². The van der Waals surface area contributed by atoms with Crippen LogP contribution in [-0.2, 0) is 11.2 Å². The zero-order valence-corrected chi connectivity index (χ0v) is 18.7. The molecule has 0 amide bonds. The number of H-pyrrole nitrogens is 1. The number of hydrogen-bond acceptors (Lipinski definition) is 2. The van der Waals surface area contributed by atoms with Crippen molar-refractivity contribution in [1.82, 2.24) is 4.98 Å². The molecule has 5 nitrogen and oxygen atoms in total. The van der Waals surface area contributed by atoms with Gasteiger partial charge in [0.25, 0.3) is 0 Å². The third kappa shape index (κ3) is 10.8. The quantitative estimate of drug-likeness (QED) is 0.197. The SMILES string of the molecule is CCCCCCCC(CCCC(C=CC(=O)O)[N-]c1ccc[nH]1)Cc1ccc(O)cc1. The molecule has 0 saturated heterocycles. The summed E-state index contributed by atoms with van der Waals surface area (Å²) >= 11 is 0. The normalized spacial score (nSPS) is 13.3. The number of hydrogen-bond donors (Lipinski definition) is 3. The number of carboxylic acids is 1. The monoisotopic (exact) mass is 425 g/mol. The minimum atomic E-state index is -0.941. The van der Waals surface area contributed by atoms with Crippen LogP contribution >= 0.6 is 0 Å². The number of aromatic hydroxyl groups is 1. The molecule has 0 aliphatic carbocycles. The highest BCUT2D eigenvalue weighted by Gasteiger charge is 2.11. The van der Waals surface area contributed by atoms with E-state index in [2.05, 4.69) is 17.2 Å². The summed E-state index contributed by atoms with van der Waals surface area (Å²) in [4.78, 5) is 14.0. The van der Waals surface area contributed by atoms with Gasteiger partial charge in [0.15, 0.2) is 0 Å². The number of unbranched alkanes of at least 4 members (excludes halogenated alkanes) is 4. The molecular weight excluding hydrogens is 388 g/mol. The maximum atomic E-state index is 11.0. The predicted molar refractivity (Wildman–Crippen MR) is 127 cm³/mol. The van der Waals surface area contributed by atoms with Gasteiger partial charge in [0, 0.05) is 6.08 Å². The second-order valence-corrected chi connectivity index (χ2v) is 8.32. The first-order valence-corrected chi connectivity index (χ1v) is 11.6. The molecular formula is C26H37N2O3-. The van der Waals surface area contributed by atoms with Gasteiger partial charge in [-0.05, 0) is 42.5 Å². The van der Waals surface area contributed by atoms with Crippen molar-refractivity contribution in [3.05, 3.63) is 65.6 Å². The highest BCUT2D eigenvalue weighted by atomic mass is 16.4. The van der Waals surface area contributed by atoms with E-state index in [0.717, 1.165) is 31.5 Å². The zero-order chi connectivity index (χ0) is 22.3. The molecule has 2 unspecified atom stereocenters. The number of carboxylic acid groups (broad SMARTS) is 1. The predicted octanol–water partition coefficient (Wildman–Crippen LogP) is 7.12. The van der Waals surface area contributed by atoms with E-state index >= 15 is 0 Å². The van der Waals surface area contributed by atoms with E-state index in [0.29, 0.717) is 11.7 Å². The van der Waals surface area contributed by atoms with Crippen molar-refractivity contribution in [2.24, 2.45) is 5.92 Å². The summed E-state index contributed by atoms with van der Waals surface area (Å²) < 4.78 is 0. The lowest BCUT2D eigenvalue weighted by Crippen LogP contribution is -2.08. The number of phenols is 1. The fourth-order valence-corrected chi connectivity index (χ4v) is 3.94. The summed E-state index contributed by atoms with van der Waals surface area (Å²) in [7, 11) is 0. The summed E-state index contributed by atoms with van der Waals surface area (Å²) in [6.07, 6.45) is 16.2. The number of benzene rings is 1. The van der Waals surface area contributed by atoms with Crippen molar-refractivity contribution < 1.29 is 15.0 Å². The molecule has 0 aliphatic heterocycles. The van der Waals surface area contributed by atoms with Crippen LogP contribution in [0.25, 0.3) is 5.32 Å². The Bertz CT molecular complexity index is 753. The third-order valence-corrected chi connectivity index (χ3v) is 5.64. The zero-order valence-electron chi connectivity index (χ0n) is 18.7. The van der Waals surface area contributed by atoms with E-state index in [1.165, 1.54) is 50.2 Å². The Morgan fingerprint density at radius 3 is 2.45 bits per heavy atom. The Hall–Kier alpha value is -2.69. The number of rotatable bonds is 16. The standard InChI is InChI=1S/C26H37N2O3/c1-2-3-4-5-6-9-21(20-22-13-16-24(29)17-14-22)10-7-11-23(15-18-26(30)31)28-25-12-8-19-27-25/h8,12-19,21,23,27,29H,2-7,9-11,20H2,1H3,(H,30,31)/q-1. The Morgan fingerprint density at radius 2 is 1.77 bits per heavy atom. The van der Waals surface area contributed by atoms with Crippen molar-refractivity contribution in [2.75, 3.05) is 0 Å². The van der Waals surface area contributed by atoms with E-state index in [-0.39, 0.29) is 6.04 Å². The summed E-state index contributed by atoms with van der Waals surface area (Å²) in [5.74, 6) is 0.722. The number of nitrogens with zero attached hydrogens (tertiary/aromatic N) is 1. The number of phenolic OH excluding ortho intramolecular Hbond substituents is 1. The van der Waals surface area contributed by atoms with Crippen LogP contribution in [0.3, 0.4) is 0 Å². The van der Waals surface area contributed by atoms with Crippen LogP contribution in [0, 0.1) is 5.92 Å². The van der Waals surface area contributed by atoms with Crippen molar-refractivity contribution in [3.8, 4) is 5.75 Å². The maximum Gasteiger partial charge on any atom is 0.327 e. The maximum absolute atomic E-state index is 11.0. The Labute approximate surface area is 186 Å². The van der Waals surface area contributed by atoms with Gasteiger partial charge in [-0.1, -0.05) is 101 Å². The van der Waals surface area contributed by atoms with Gasteiger partial charge in [-0.3, -0.25) is 0 Å². The third-order valence-electron chi connectivity index (χ3n) is 5.64. The number of nitrogens with one attached hydrogen (secondary N) is 1. The van der Waals surface area contributed by atoms with Crippen LogP contribution in [0.15, 0.2) is 54.7 Å². The average molecular weight is 426 g/mol. The Kier molecular flexibility index (Phi) is 11.4. The minimum absolute atomic E-state index is 0.145. The topological polar surface area (TPSA) is 87.4 Å². The molecule has 3 N–H and O–H groups in total. The minimum Gasteiger partial charge on any atom is -0.508 e. The fourth-order valence-electron chi connectivity index (χ4n) is 3.94. The van der Waals surface area contributed by atoms with E-state index in [4.69, 9.17) is 5.11 Å². The van der Waals surface area contributed by atoms with Crippen LogP contribution < -0.4 is 0 Å². The molecule has 5 heteroatoms. The molecule has 0 fully saturated rings. The number of aromatic nitrogens is 1. The van der Waals surface area contributed by atoms with Gasteiger partial charge in [-0.2, -0.15) is 0 Å². The Balaban J connectivity index is 1.89. The second-order valence-electron chi connectivity index (χ2n) is 8.32. The molecule has 31 heavy (non-hydrogen) atoms. The molecule has 0 aliphatic rings. The first kappa shape index (κ1) is 24.6. The average Bonchev–Trinajstić information content (AvgIpc) is 3.26. The van der Waals surface area contributed by atoms with E-state index in [1.807, 2.05) is 30.5 Å². The largest absolute Gasteiger partial charge is 0.508 e. The van der Waals surface area contributed by atoms with Crippen LogP contribution in [-0.4, -0.2) is 27.2 Å². The smallest absolute Gasteiger partial charge is 0.327 e. The summed E-state index contributed by atoms with van der Waals surface area (Å²) in [6.45, 7) is 2.24. The molecule has 170 valence electrons. The van der Waals surface area contributed by atoms with Gasteiger partial charge in [0.05, 0.1) is 0 Å². The van der Waals surface area contributed by atoms with Gasteiger partial charge in [-0.15, -0.1) is 0 Å². The first-order valence-electron chi connectivity index (χ1n) is 11.6. The number of aromatic amines is 1. The summed E-state index contributed by atoms with van der Waals surface area (Å²) in [6, 6.07) is 11.2. The molecule has 0 spiro atoms. The Morgan fingerprint density at radius 1 is 1.03 bits per heavy atom. The van der Waals surface area contributed by atoms with Crippen LogP contribution in [0.2, 0.25) is 0 Å². The molecule has 0 bridgehead atoms. The van der Waals surface area contributed by atoms with Crippen molar-refractivity contribution in [1.29, 1.82) is 0 Å².